The molecule has 1 saturated heterocycles. The van der Waals surface area contributed by atoms with Gasteiger partial charge < -0.3 is 9.64 Å². The molecule has 1 atom stereocenters. The van der Waals surface area contributed by atoms with E-state index in [0.717, 1.165) is 34.7 Å². The first kappa shape index (κ1) is 19.3. The second-order valence-corrected chi connectivity index (χ2v) is 8.00. The normalized spacial score (nSPS) is 16.3. The zero-order valence-corrected chi connectivity index (χ0v) is 16.9. The molecule has 0 aromatic heterocycles. The molecule has 0 saturated carbocycles. The maximum atomic E-state index is 12.9. The van der Waals surface area contributed by atoms with E-state index in [-0.39, 0.29) is 11.3 Å². The smallest absolute Gasteiger partial charge is 0.247 e. The van der Waals surface area contributed by atoms with E-state index in [0.29, 0.717) is 6.61 Å². The summed E-state index contributed by atoms with van der Waals surface area (Å²) in [7, 11) is 0. The summed E-state index contributed by atoms with van der Waals surface area (Å²) in [4.78, 5) is 14.8. The minimum Gasteiger partial charge on any atom is -0.489 e. The Hall–Kier alpha value is -2.98. The fourth-order valence-corrected chi connectivity index (χ4v) is 4.62. The Labute approximate surface area is 176 Å². The number of carbonyl (C=O) groups is 1. The van der Waals surface area contributed by atoms with E-state index in [1.165, 1.54) is 0 Å². The van der Waals surface area contributed by atoms with Gasteiger partial charge in [0.2, 0.25) is 5.91 Å². The van der Waals surface area contributed by atoms with Gasteiger partial charge in [0.05, 0.1) is 0 Å². The summed E-state index contributed by atoms with van der Waals surface area (Å²) in [5, 5.41) is -0.0325. The summed E-state index contributed by atoms with van der Waals surface area (Å²) in [6, 6.07) is 28.1. The van der Waals surface area contributed by atoms with Crippen molar-refractivity contribution >= 4 is 23.7 Å². The number of para-hydroxylation sites is 1. The fraction of sp³-hybridized carbons (Fsp3) is 0.160. The predicted molar refractivity (Wildman–Crippen MR) is 120 cm³/mol. The third kappa shape index (κ3) is 4.90. The quantitative estimate of drug-likeness (QED) is 0.507. The molecular formula is C25H23NO2S. The van der Waals surface area contributed by atoms with Crippen molar-refractivity contribution in [2.24, 2.45) is 0 Å². The molecule has 1 unspecified atom stereocenters. The molecule has 0 radical (unpaired) electrons. The molecule has 3 aromatic rings. The molecule has 0 spiro atoms. The van der Waals surface area contributed by atoms with E-state index in [1.807, 2.05) is 77.7 Å². The topological polar surface area (TPSA) is 29.5 Å². The van der Waals surface area contributed by atoms with Crippen LogP contribution in [-0.4, -0.2) is 23.1 Å². The Balaban J connectivity index is 1.50. The first-order chi connectivity index (χ1) is 14.3. The van der Waals surface area contributed by atoms with Gasteiger partial charge in [-0.2, -0.15) is 0 Å². The van der Waals surface area contributed by atoms with Crippen LogP contribution < -0.4 is 4.74 Å². The molecule has 3 aromatic carbocycles. The van der Waals surface area contributed by atoms with Crippen molar-refractivity contribution in [2.75, 3.05) is 12.3 Å². The van der Waals surface area contributed by atoms with Crippen LogP contribution in [0.2, 0.25) is 0 Å². The SMILES string of the molecule is O=C(/C=C/c1ccccc1)N1CCSC1c1ccccc1OCc1ccccc1. The van der Waals surface area contributed by atoms with Crippen LogP contribution in [0.3, 0.4) is 0 Å². The van der Waals surface area contributed by atoms with Crippen molar-refractivity contribution in [1.29, 1.82) is 0 Å². The molecule has 1 heterocycles. The van der Waals surface area contributed by atoms with Crippen molar-refractivity contribution in [1.82, 2.24) is 4.90 Å². The predicted octanol–water partition coefficient (Wildman–Crippen LogP) is 5.55. The summed E-state index contributed by atoms with van der Waals surface area (Å²) < 4.78 is 6.12. The maximum absolute atomic E-state index is 12.9. The number of amides is 1. The van der Waals surface area contributed by atoms with Gasteiger partial charge >= 0.3 is 0 Å². The number of thioether (sulfide) groups is 1. The number of nitrogens with zero attached hydrogens (tertiary/aromatic N) is 1. The van der Waals surface area contributed by atoms with E-state index in [1.54, 1.807) is 17.8 Å². The van der Waals surface area contributed by atoms with E-state index in [2.05, 4.69) is 18.2 Å². The molecule has 1 fully saturated rings. The highest BCUT2D eigenvalue weighted by atomic mass is 32.2. The van der Waals surface area contributed by atoms with Gasteiger partial charge in [-0.1, -0.05) is 78.9 Å². The summed E-state index contributed by atoms with van der Waals surface area (Å²) in [5.74, 6) is 1.78. The van der Waals surface area contributed by atoms with Gasteiger partial charge in [-0.05, 0) is 23.3 Å². The average Bonchev–Trinajstić information content (AvgIpc) is 3.27. The number of benzene rings is 3. The molecule has 146 valence electrons. The van der Waals surface area contributed by atoms with E-state index in [9.17, 15) is 4.79 Å². The zero-order valence-electron chi connectivity index (χ0n) is 16.1. The lowest BCUT2D eigenvalue weighted by atomic mass is 10.1. The standard InChI is InChI=1S/C25H23NO2S/c27-24(16-15-20-9-3-1-4-10-20)26-17-18-29-25(26)22-13-7-8-14-23(22)28-19-21-11-5-2-6-12-21/h1-16,25H,17-19H2/b16-15+. The van der Waals surface area contributed by atoms with Crippen LogP contribution in [0.4, 0.5) is 0 Å². The summed E-state index contributed by atoms with van der Waals surface area (Å²) in [6.07, 6.45) is 3.54. The average molecular weight is 402 g/mol. The maximum Gasteiger partial charge on any atom is 0.247 e. The highest BCUT2D eigenvalue weighted by molar-refractivity contribution is 7.99. The van der Waals surface area contributed by atoms with Crippen molar-refractivity contribution in [3.63, 3.8) is 0 Å². The molecule has 0 N–H and O–H groups in total. The van der Waals surface area contributed by atoms with Crippen molar-refractivity contribution in [3.05, 3.63) is 108 Å². The van der Waals surface area contributed by atoms with Crippen LogP contribution in [0.5, 0.6) is 5.75 Å². The van der Waals surface area contributed by atoms with Gasteiger partial charge in [0.1, 0.15) is 17.7 Å². The lowest BCUT2D eigenvalue weighted by molar-refractivity contribution is -0.126. The number of ether oxygens (including phenoxy) is 1. The molecule has 29 heavy (non-hydrogen) atoms. The number of hydrogen-bond donors (Lipinski definition) is 0. The molecule has 0 aliphatic carbocycles. The zero-order chi connectivity index (χ0) is 19.9. The third-order valence-electron chi connectivity index (χ3n) is 4.81. The summed E-state index contributed by atoms with van der Waals surface area (Å²) in [5.41, 5.74) is 3.20. The van der Waals surface area contributed by atoms with Crippen molar-refractivity contribution in [2.45, 2.75) is 12.0 Å². The Bertz CT molecular complexity index is 972. The Morgan fingerprint density at radius 2 is 1.66 bits per heavy atom. The second kappa shape index (κ2) is 9.48. The van der Waals surface area contributed by atoms with Crippen LogP contribution in [0.1, 0.15) is 22.1 Å². The number of rotatable bonds is 6. The van der Waals surface area contributed by atoms with Crippen LogP contribution in [0.15, 0.2) is 91.0 Å². The van der Waals surface area contributed by atoms with Gasteiger partial charge in [-0.15, -0.1) is 11.8 Å². The molecule has 1 aliphatic heterocycles. The number of carbonyl (C=O) groups excluding carboxylic acids is 1. The largest absolute Gasteiger partial charge is 0.489 e. The third-order valence-corrected chi connectivity index (χ3v) is 6.06. The fourth-order valence-electron chi connectivity index (χ4n) is 3.33. The van der Waals surface area contributed by atoms with Crippen molar-refractivity contribution < 1.29 is 9.53 Å². The van der Waals surface area contributed by atoms with Crippen LogP contribution in [0.25, 0.3) is 6.08 Å². The van der Waals surface area contributed by atoms with Gasteiger partial charge in [0, 0.05) is 23.9 Å². The lowest BCUT2D eigenvalue weighted by Crippen LogP contribution is -2.29. The molecule has 4 rings (SSSR count). The van der Waals surface area contributed by atoms with Gasteiger partial charge in [-0.25, -0.2) is 0 Å². The summed E-state index contributed by atoms with van der Waals surface area (Å²) in [6.45, 7) is 1.25. The van der Waals surface area contributed by atoms with Crippen LogP contribution in [-0.2, 0) is 11.4 Å². The minimum absolute atomic E-state index is 0.0294. The highest BCUT2D eigenvalue weighted by Crippen LogP contribution is 2.42. The molecule has 3 nitrogen and oxygen atoms in total. The monoisotopic (exact) mass is 401 g/mol. The Kier molecular flexibility index (Phi) is 6.32. The first-order valence-electron chi connectivity index (χ1n) is 9.72. The van der Waals surface area contributed by atoms with E-state index >= 15 is 0 Å². The van der Waals surface area contributed by atoms with E-state index in [4.69, 9.17) is 4.74 Å². The highest BCUT2D eigenvalue weighted by Gasteiger charge is 2.31. The van der Waals surface area contributed by atoms with Crippen LogP contribution in [0, 0.1) is 0 Å². The molecule has 1 amide bonds. The first-order valence-corrected chi connectivity index (χ1v) is 10.8. The van der Waals surface area contributed by atoms with Gasteiger partial charge in [0.15, 0.2) is 0 Å². The van der Waals surface area contributed by atoms with Crippen molar-refractivity contribution in [3.8, 4) is 5.75 Å². The molecule has 4 heteroatoms. The molecule has 1 aliphatic rings. The van der Waals surface area contributed by atoms with E-state index < -0.39 is 0 Å². The van der Waals surface area contributed by atoms with Gasteiger partial charge in [-0.3, -0.25) is 4.79 Å². The van der Waals surface area contributed by atoms with Crippen LogP contribution >= 0.6 is 11.8 Å². The summed E-state index contributed by atoms with van der Waals surface area (Å²) >= 11 is 1.78. The molecular weight excluding hydrogens is 378 g/mol. The van der Waals surface area contributed by atoms with Gasteiger partial charge in [0.25, 0.3) is 0 Å². The number of hydrogen-bond acceptors (Lipinski definition) is 3. The molecule has 0 bridgehead atoms. The lowest BCUT2D eigenvalue weighted by Gasteiger charge is -2.24. The Morgan fingerprint density at radius 1 is 0.966 bits per heavy atom. The minimum atomic E-state index is -0.0325. The second-order valence-electron chi connectivity index (χ2n) is 6.81. The Morgan fingerprint density at radius 3 is 2.45 bits per heavy atom.